The lowest BCUT2D eigenvalue weighted by Crippen LogP contribution is -2.20. The van der Waals surface area contributed by atoms with Gasteiger partial charge in [-0.25, -0.2) is 0 Å². The molecule has 0 radical (unpaired) electrons. The number of phenolic OH excluding ortho intramolecular Hbond substituents is 4. The van der Waals surface area contributed by atoms with Crippen molar-refractivity contribution >= 4 is 16.8 Å². The summed E-state index contributed by atoms with van der Waals surface area (Å²) < 4.78 is 23.1. The number of fused-ring (bicyclic) bond motifs is 2. The molecule has 1 unspecified atom stereocenters. The van der Waals surface area contributed by atoms with Gasteiger partial charge in [0.2, 0.25) is 5.75 Å². The summed E-state index contributed by atoms with van der Waals surface area (Å²) in [6.07, 6.45) is -0.639. The summed E-state index contributed by atoms with van der Waals surface area (Å²) in [5.41, 5.74) is 0.703. The maximum absolute atomic E-state index is 13.1. The molecule has 10 heteroatoms. The minimum absolute atomic E-state index is 0.0218. The molecule has 4 aromatic carbocycles. The zero-order valence-electron chi connectivity index (χ0n) is 21.5. The van der Waals surface area contributed by atoms with Crippen molar-refractivity contribution in [2.75, 3.05) is 7.11 Å². The molecule has 0 saturated heterocycles. The highest BCUT2D eigenvalue weighted by Gasteiger charge is 2.34. The van der Waals surface area contributed by atoms with E-state index in [9.17, 15) is 30.0 Å². The van der Waals surface area contributed by atoms with Crippen LogP contribution in [-0.2, 0) is 0 Å². The van der Waals surface area contributed by atoms with Crippen molar-refractivity contribution in [3.05, 3.63) is 94.1 Å². The number of ether oxygens (including phenoxy) is 3. The molecule has 1 aliphatic heterocycles. The van der Waals surface area contributed by atoms with E-state index in [1.54, 1.807) is 36.4 Å². The molecular weight excluding hydrogens is 532 g/mol. The molecule has 0 bridgehead atoms. The van der Waals surface area contributed by atoms with E-state index in [1.165, 1.54) is 37.4 Å². The summed E-state index contributed by atoms with van der Waals surface area (Å²) in [6.45, 7) is 0. The third-order valence-corrected chi connectivity index (χ3v) is 6.74. The van der Waals surface area contributed by atoms with Gasteiger partial charge in [0.05, 0.1) is 13.5 Å². The van der Waals surface area contributed by atoms with E-state index >= 15 is 0 Å². The van der Waals surface area contributed by atoms with E-state index in [4.69, 9.17) is 18.6 Å². The molecule has 1 atom stereocenters. The Morgan fingerprint density at radius 2 is 1.59 bits per heavy atom. The second kappa shape index (κ2) is 9.83. The van der Waals surface area contributed by atoms with Gasteiger partial charge in [-0.05, 0) is 42.0 Å². The second-order valence-corrected chi connectivity index (χ2v) is 9.39. The van der Waals surface area contributed by atoms with E-state index < -0.39 is 17.3 Å². The van der Waals surface area contributed by atoms with Crippen molar-refractivity contribution in [1.82, 2.24) is 0 Å². The van der Waals surface area contributed by atoms with Gasteiger partial charge in [0.1, 0.15) is 57.1 Å². The van der Waals surface area contributed by atoms with Gasteiger partial charge in [-0.15, -0.1) is 0 Å². The molecule has 5 aromatic rings. The molecule has 0 amide bonds. The molecule has 0 aliphatic carbocycles. The number of aromatic hydroxyl groups is 4. The average Bonchev–Trinajstić information content (AvgIpc) is 2.94. The van der Waals surface area contributed by atoms with E-state index in [0.717, 1.165) is 6.07 Å². The smallest absolute Gasteiger partial charge is 0.211 e. The van der Waals surface area contributed by atoms with Crippen LogP contribution in [0.15, 0.2) is 82.0 Å². The maximum atomic E-state index is 13.1. The van der Waals surface area contributed by atoms with E-state index in [1.807, 2.05) is 0 Å². The third kappa shape index (κ3) is 4.61. The zero-order chi connectivity index (χ0) is 28.8. The van der Waals surface area contributed by atoms with Crippen LogP contribution in [0.5, 0.6) is 46.0 Å². The van der Waals surface area contributed by atoms with Crippen LogP contribution in [0.25, 0.3) is 22.3 Å². The Balaban J connectivity index is 1.30. The lowest BCUT2D eigenvalue weighted by molar-refractivity contribution is 0.0843. The molecular formula is C31H22O10. The highest BCUT2D eigenvalue weighted by molar-refractivity contribution is 6.03. The second-order valence-electron chi connectivity index (χ2n) is 9.39. The van der Waals surface area contributed by atoms with Crippen molar-refractivity contribution in [2.45, 2.75) is 12.5 Å². The molecule has 1 aromatic heterocycles. The summed E-state index contributed by atoms with van der Waals surface area (Å²) in [5.74, 6) is -0.670. The fourth-order valence-electron chi connectivity index (χ4n) is 4.76. The fraction of sp³-hybridized carbons (Fsp3) is 0.0968. The molecule has 6 rings (SSSR count). The lowest BCUT2D eigenvalue weighted by Gasteiger charge is -2.27. The molecule has 2 heterocycles. The Hall–Kier alpha value is -5.64. The van der Waals surface area contributed by atoms with Gasteiger partial charge < -0.3 is 39.1 Å². The Morgan fingerprint density at radius 3 is 2.29 bits per heavy atom. The summed E-state index contributed by atoms with van der Waals surface area (Å²) >= 11 is 0. The Morgan fingerprint density at radius 1 is 0.854 bits per heavy atom. The molecule has 41 heavy (non-hydrogen) atoms. The Bertz CT molecular complexity index is 1870. The van der Waals surface area contributed by atoms with E-state index in [0.29, 0.717) is 11.1 Å². The van der Waals surface area contributed by atoms with Crippen molar-refractivity contribution in [2.24, 2.45) is 0 Å². The van der Waals surface area contributed by atoms with Gasteiger partial charge >= 0.3 is 0 Å². The first kappa shape index (κ1) is 25.6. The number of phenols is 4. The van der Waals surface area contributed by atoms with Gasteiger partial charge in [0, 0.05) is 29.8 Å². The topological polar surface area (TPSA) is 156 Å². The number of hydrogen-bond donors (Lipinski definition) is 4. The van der Waals surface area contributed by atoms with Gasteiger partial charge in [0.25, 0.3) is 0 Å². The lowest BCUT2D eigenvalue weighted by atomic mass is 9.95. The molecule has 0 fully saturated rings. The number of carbonyl (C=O) groups excluding carboxylic acids is 1. The van der Waals surface area contributed by atoms with Gasteiger partial charge in [-0.3, -0.25) is 9.59 Å². The third-order valence-electron chi connectivity index (χ3n) is 6.74. The number of Topliss-reactive ketones (excluding diaryl/α,β-unsaturated/α-hetero) is 1. The Kier molecular flexibility index (Phi) is 6.15. The SMILES string of the molecule is COc1cc2c(c(O)c1Oc1ccc(-c3cc(=O)c4c(O)cc(O)cc4o3)cc1)C(=O)CC(c1ccc(O)cc1)O2. The molecule has 1 aliphatic rings. The van der Waals surface area contributed by atoms with Gasteiger partial charge in [-0.1, -0.05) is 12.1 Å². The van der Waals surface area contributed by atoms with Gasteiger partial charge in [0.15, 0.2) is 22.7 Å². The number of hydrogen-bond acceptors (Lipinski definition) is 10. The predicted molar refractivity (Wildman–Crippen MR) is 146 cm³/mol. The summed E-state index contributed by atoms with van der Waals surface area (Å²) in [5, 5.41) is 40.3. The Labute approximate surface area is 231 Å². The first-order chi connectivity index (χ1) is 19.7. The highest BCUT2D eigenvalue weighted by atomic mass is 16.5. The molecule has 4 N–H and O–H groups in total. The monoisotopic (exact) mass is 554 g/mol. The molecule has 0 saturated carbocycles. The van der Waals surface area contributed by atoms with Crippen LogP contribution < -0.4 is 19.6 Å². The maximum Gasteiger partial charge on any atom is 0.211 e. The first-order valence-corrected chi connectivity index (χ1v) is 12.4. The predicted octanol–water partition coefficient (Wildman–Crippen LogP) is 5.79. The molecule has 206 valence electrons. The average molecular weight is 555 g/mol. The van der Waals surface area contributed by atoms with Crippen LogP contribution in [0.3, 0.4) is 0 Å². The first-order valence-electron chi connectivity index (χ1n) is 12.4. The summed E-state index contributed by atoms with van der Waals surface area (Å²) in [6, 6.07) is 17.7. The summed E-state index contributed by atoms with van der Waals surface area (Å²) in [4.78, 5) is 25.6. The number of ketones is 1. The normalized spacial score (nSPS) is 14.4. The summed E-state index contributed by atoms with van der Waals surface area (Å²) in [7, 11) is 1.39. The standard InChI is InChI=1S/C31H22O10/c1-38-27-14-26-29(22(36)13-24(41-26)15-2-6-17(32)7-3-15)30(37)31(27)39-19-8-4-16(5-9-19)23-12-21(35)28-20(34)10-18(33)11-25(28)40-23/h2-12,14,24,32-34,37H,13H2,1H3. The number of benzene rings is 4. The van der Waals surface area contributed by atoms with Gasteiger partial charge in [-0.2, -0.15) is 0 Å². The fourth-order valence-corrected chi connectivity index (χ4v) is 4.76. The van der Waals surface area contributed by atoms with Crippen molar-refractivity contribution in [3.8, 4) is 57.3 Å². The van der Waals surface area contributed by atoms with Crippen LogP contribution in [0.2, 0.25) is 0 Å². The van der Waals surface area contributed by atoms with E-state index in [-0.39, 0.29) is 74.7 Å². The van der Waals surface area contributed by atoms with Crippen LogP contribution in [0.1, 0.15) is 28.4 Å². The van der Waals surface area contributed by atoms with Crippen LogP contribution in [0.4, 0.5) is 0 Å². The minimum Gasteiger partial charge on any atom is -0.508 e. The highest BCUT2D eigenvalue weighted by Crippen LogP contribution is 2.50. The van der Waals surface area contributed by atoms with Crippen molar-refractivity contribution in [3.63, 3.8) is 0 Å². The van der Waals surface area contributed by atoms with Crippen molar-refractivity contribution in [1.29, 1.82) is 0 Å². The minimum atomic E-state index is -0.609. The quantitative estimate of drug-likeness (QED) is 0.210. The van der Waals surface area contributed by atoms with E-state index in [2.05, 4.69) is 0 Å². The van der Waals surface area contributed by atoms with Crippen molar-refractivity contribution < 1.29 is 43.8 Å². The number of carbonyl (C=O) groups is 1. The zero-order valence-corrected chi connectivity index (χ0v) is 21.5. The number of methoxy groups -OCH3 is 1. The number of rotatable bonds is 5. The largest absolute Gasteiger partial charge is 0.508 e. The van der Waals surface area contributed by atoms with Crippen LogP contribution in [0, 0.1) is 0 Å². The molecule has 0 spiro atoms. The van der Waals surface area contributed by atoms with Crippen LogP contribution in [-0.4, -0.2) is 33.3 Å². The molecule has 10 nitrogen and oxygen atoms in total. The van der Waals surface area contributed by atoms with Crippen LogP contribution >= 0.6 is 0 Å².